The number of ether oxygens (including phenoxy) is 1. The number of nitrogens with one attached hydrogen (secondary N) is 1. The van der Waals surface area contributed by atoms with Gasteiger partial charge >= 0.3 is 5.97 Å². The predicted molar refractivity (Wildman–Crippen MR) is 89.0 cm³/mol. The fourth-order valence-electron chi connectivity index (χ4n) is 3.20. The number of benzene rings is 2. The van der Waals surface area contributed by atoms with Gasteiger partial charge in [-0.25, -0.2) is 0 Å². The Kier molecular flexibility index (Phi) is 3.30. The van der Waals surface area contributed by atoms with E-state index in [4.69, 9.17) is 4.74 Å². The van der Waals surface area contributed by atoms with E-state index in [1.807, 2.05) is 48.5 Å². The number of carbonyl (C=O) groups is 2. The molecule has 0 unspecified atom stereocenters. The number of esters is 1. The van der Waals surface area contributed by atoms with Crippen LogP contribution in [0.5, 0.6) is 0 Å². The van der Waals surface area contributed by atoms with Gasteiger partial charge in [0.05, 0.1) is 12.6 Å². The number of fused-ring (bicyclic) bond motifs is 2. The summed E-state index contributed by atoms with van der Waals surface area (Å²) in [5.74, 6) is -1.05. The molecule has 0 saturated carbocycles. The molecule has 120 valence electrons. The Bertz CT molecular complexity index is 947. The van der Waals surface area contributed by atoms with Gasteiger partial charge in [-0.2, -0.15) is 5.10 Å². The molecule has 0 saturated heterocycles. The average molecular weight is 321 g/mol. The summed E-state index contributed by atoms with van der Waals surface area (Å²) in [5, 5.41) is 7.81. The Morgan fingerprint density at radius 3 is 2.75 bits per heavy atom. The Morgan fingerprint density at radius 2 is 1.92 bits per heavy atom. The monoisotopic (exact) mass is 321 g/mol. The second kappa shape index (κ2) is 5.49. The number of para-hydroxylation sites is 2. The van der Waals surface area contributed by atoms with Crippen LogP contribution >= 0.6 is 0 Å². The van der Waals surface area contributed by atoms with E-state index >= 15 is 0 Å². The van der Waals surface area contributed by atoms with Crippen LogP contribution in [0.15, 0.2) is 48.5 Å². The van der Waals surface area contributed by atoms with Crippen molar-refractivity contribution in [2.24, 2.45) is 0 Å². The van der Waals surface area contributed by atoms with Crippen LogP contribution in [0.2, 0.25) is 0 Å². The maximum atomic E-state index is 13.0. The lowest BCUT2D eigenvalue weighted by Crippen LogP contribution is -2.31. The van der Waals surface area contributed by atoms with Crippen LogP contribution < -0.4 is 4.90 Å². The third kappa shape index (κ3) is 2.07. The van der Waals surface area contributed by atoms with E-state index in [1.54, 1.807) is 4.90 Å². The van der Waals surface area contributed by atoms with E-state index in [0.717, 1.165) is 22.2 Å². The van der Waals surface area contributed by atoms with Gasteiger partial charge in [-0.1, -0.05) is 36.4 Å². The third-order valence-corrected chi connectivity index (χ3v) is 4.37. The van der Waals surface area contributed by atoms with Crippen molar-refractivity contribution >= 4 is 28.5 Å². The van der Waals surface area contributed by atoms with Gasteiger partial charge in [0.2, 0.25) is 0 Å². The van der Waals surface area contributed by atoms with Gasteiger partial charge in [-0.15, -0.1) is 0 Å². The maximum absolute atomic E-state index is 13.0. The minimum Gasteiger partial charge on any atom is -0.468 e. The Hall–Kier alpha value is -3.15. The van der Waals surface area contributed by atoms with Crippen LogP contribution in [-0.2, 0) is 9.53 Å². The second-order valence-corrected chi connectivity index (χ2v) is 5.67. The van der Waals surface area contributed by atoms with Crippen molar-refractivity contribution in [2.75, 3.05) is 18.6 Å². The van der Waals surface area contributed by atoms with Crippen LogP contribution in [0.1, 0.15) is 22.0 Å². The molecule has 0 bridgehead atoms. The van der Waals surface area contributed by atoms with E-state index in [-0.39, 0.29) is 18.4 Å². The molecule has 1 aromatic heterocycles. The van der Waals surface area contributed by atoms with E-state index in [2.05, 4.69) is 10.2 Å². The highest BCUT2D eigenvalue weighted by atomic mass is 16.5. The van der Waals surface area contributed by atoms with Gasteiger partial charge in [0.1, 0.15) is 5.92 Å². The van der Waals surface area contributed by atoms with E-state index in [1.165, 1.54) is 7.11 Å². The molecule has 0 aliphatic carbocycles. The molecule has 6 nitrogen and oxygen atoms in total. The van der Waals surface area contributed by atoms with Gasteiger partial charge in [0.25, 0.3) is 5.91 Å². The van der Waals surface area contributed by atoms with Crippen molar-refractivity contribution in [3.63, 3.8) is 0 Å². The Morgan fingerprint density at radius 1 is 1.17 bits per heavy atom. The third-order valence-electron chi connectivity index (χ3n) is 4.37. The van der Waals surface area contributed by atoms with Crippen LogP contribution in [-0.4, -0.2) is 35.7 Å². The van der Waals surface area contributed by atoms with Crippen molar-refractivity contribution in [2.45, 2.75) is 5.92 Å². The lowest BCUT2D eigenvalue weighted by atomic mass is 10.0. The molecule has 0 spiro atoms. The number of hydrogen-bond acceptors (Lipinski definition) is 4. The molecule has 1 aliphatic rings. The number of anilines is 1. The highest BCUT2D eigenvalue weighted by molar-refractivity contribution is 6.14. The van der Waals surface area contributed by atoms with E-state index in [0.29, 0.717) is 5.69 Å². The number of amides is 1. The second-order valence-electron chi connectivity index (χ2n) is 5.67. The zero-order chi connectivity index (χ0) is 16.7. The first-order valence-corrected chi connectivity index (χ1v) is 7.62. The SMILES string of the molecule is COC(=O)[C@@H]1CN(C(=O)c2n[nH]c3ccccc23)c2ccccc21. The summed E-state index contributed by atoms with van der Waals surface area (Å²) in [6.45, 7) is 0.256. The first-order chi connectivity index (χ1) is 11.7. The molecule has 24 heavy (non-hydrogen) atoms. The first-order valence-electron chi connectivity index (χ1n) is 7.62. The first kappa shape index (κ1) is 14.4. The molecular formula is C18H15N3O3. The summed E-state index contributed by atoms with van der Waals surface area (Å²) >= 11 is 0. The fraction of sp³-hybridized carbons (Fsp3) is 0.167. The van der Waals surface area contributed by atoms with Crippen molar-refractivity contribution in [3.05, 3.63) is 59.8 Å². The lowest BCUT2D eigenvalue weighted by Gasteiger charge is -2.16. The number of H-pyrrole nitrogens is 1. The van der Waals surface area contributed by atoms with Crippen molar-refractivity contribution in [1.29, 1.82) is 0 Å². The number of aromatic nitrogens is 2. The highest BCUT2D eigenvalue weighted by Crippen LogP contribution is 2.37. The van der Waals surface area contributed by atoms with Crippen LogP contribution in [0.3, 0.4) is 0 Å². The van der Waals surface area contributed by atoms with Gasteiger partial charge in [-0.3, -0.25) is 14.7 Å². The summed E-state index contributed by atoms with van der Waals surface area (Å²) in [4.78, 5) is 26.7. The summed E-state index contributed by atoms with van der Waals surface area (Å²) < 4.78 is 4.88. The minimum absolute atomic E-state index is 0.230. The van der Waals surface area contributed by atoms with E-state index < -0.39 is 5.92 Å². The van der Waals surface area contributed by atoms with Gasteiger partial charge < -0.3 is 9.64 Å². The lowest BCUT2D eigenvalue weighted by molar-refractivity contribution is -0.141. The Balaban J connectivity index is 1.77. The highest BCUT2D eigenvalue weighted by Gasteiger charge is 2.38. The maximum Gasteiger partial charge on any atom is 0.315 e. The topological polar surface area (TPSA) is 75.3 Å². The van der Waals surface area contributed by atoms with Crippen molar-refractivity contribution in [3.8, 4) is 0 Å². The zero-order valence-corrected chi connectivity index (χ0v) is 13.0. The molecule has 2 heterocycles. The molecule has 0 radical (unpaired) electrons. The van der Waals surface area contributed by atoms with Crippen LogP contribution in [0, 0.1) is 0 Å². The van der Waals surface area contributed by atoms with Gasteiger partial charge in [0.15, 0.2) is 5.69 Å². The largest absolute Gasteiger partial charge is 0.468 e. The van der Waals surface area contributed by atoms with Gasteiger partial charge in [-0.05, 0) is 17.7 Å². The fourth-order valence-corrected chi connectivity index (χ4v) is 3.20. The molecule has 3 aromatic rings. The summed E-state index contributed by atoms with van der Waals surface area (Å²) in [6.07, 6.45) is 0. The molecule has 4 rings (SSSR count). The summed E-state index contributed by atoms with van der Waals surface area (Å²) in [5.41, 5.74) is 2.69. The number of nitrogens with zero attached hydrogens (tertiary/aromatic N) is 2. The van der Waals surface area contributed by atoms with Crippen molar-refractivity contribution < 1.29 is 14.3 Å². The number of aromatic amines is 1. The molecule has 6 heteroatoms. The number of methoxy groups -OCH3 is 1. The van der Waals surface area contributed by atoms with E-state index in [9.17, 15) is 9.59 Å². The average Bonchev–Trinajstić information content (AvgIpc) is 3.22. The normalized spacial score (nSPS) is 16.2. The molecule has 1 N–H and O–H groups in total. The van der Waals surface area contributed by atoms with Crippen molar-refractivity contribution in [1.82, 2.24) is 10.2 Å². The number of hydrogen-bond donors (Lipinski definition) is 1. The van der Waals surface area contributed by atoms with Gasteiger partial charge in [0, 0.05) is 17.6 Å². The van der Waals surface area contributed by atoms with Crippen LogP contribution in [0.4, 0.5) is 5.69 Å². The molecule has 1 aliphatic heterocycles. The molecule has 1 amide bonds. The predicted octanol–water partition coefficient (Wildman–Crippen LogP) is 2.48. The Labute approximate surface area is 138 Å². The molecule has 2 aromatic carbocycles. The zero-order valence-electron chi connectivity index (χ0n) is 13.0. The molecule has 1 atom stereocenters. The quantitative estimate of drug-likeness (QED) is 0.736. The number of rotatable bonds is 2. The smallest absolute Gasteiger partial charge is 0.315 e. The minimum atomic E-state index is -0.472. The molecular weight excluding hydrogens is 306 g/mol. The summed E-state index contributed by atoms with van der Waals surface area (Å²) in [7, 11) is 1.36. The molecule has 0 fully saturated rings. The standard InChI is InChI=1S/C18H15N3O3/c1-24-18(23)13-10-21(15-9-5-3-6-11(13)15)17(22)16-12-7-2-4-8-14(12)19-20-16/h2-9,13H,10H2,1H3,(H,19,20)/t13-/m1/s1. The van der Waals surface area contributed by atoms with Crippen LogP contribution in [0.25, 0.3) is 10.9 Å². The number of carbonyl (C=O) groups excluding carboxylic acids is 2. The summed E-state index contributed by atoms with van der Waals surface area (Å²) in [6, 6.07) is 14.9.